The molecule has 0 saturated heterocycles. The molecule has 3 heteroatoms. The minimum absolute atomic E-state index is 0. The van der Waals surface area contributed by atoms with E-state index >= 15 is 0 Å². The SMILES string of the molecule is CCC[C@H](CCNC)Oc1cccc2ccccc12.Cl. The summed E-state index contributed by atoms with van der Waals surface area (Å²) >= 11 is 0. The molecule has 0 amide bonds. The first-order chi connectivity index (χ1) is 9.35. The number of benzene rings is 2. The van der Waals surface area contributed by atoms with Crippen LogP contribution in [-0.4, -0.2) is 19.7 Å². The van der Waals surface area contributed by atoms with Crippen LogP contribution < -0.4 is 10.1 Å². The molecular weight excluding hydrogens is 270 g/mol. The van der Waals surface area contributed by atoms with E-state index in [1.165, 1.54) is 10.8 Å². The van der Waals surface area contributed by atoms with Gasteiger partial charge in [0.15, 0.2) is 0 Å². The van der Waals surface area contributed by atoms with Gasteiger partial charge in [0.2, 0.25) is 0 Å². The Morgan fingerprint density at radius 1 is 1.05 bits per heavy atom. The Balaban J connectivity index is 0.00000200. The highest BCUT2D eigenvalue weighted by molar-refractivity contribution is 5.88. The van der Waals surface area contributed by atoms with Gasteiger partial charge in [-0.1, -0.05) is 49.7 Å². The lowest BCUT2D eigenvalue weighted by Crippen LogP contribution is -2.22. The molecule has 0 fully saturated rings. The fraction of sp³-hybridized carbons (Fsp3) is 0.412. The number of rotatable bonds is 7. The van der Waals surface area contributed by atoms with Crippen LogP contribution in [0, 0.1) is 0 Å². The van der Waals surface area contributed by atoms with E-state index in [-0.39, 0.29) is 12.4 Å². The molecule has 0 heterocycles. The van der Waals surface area contributed by atoms with Crippen LogP contribution in [0.25, 0.3) is 10.8 Å². The van der Waals surface area contributed by atoms with E-state index in [2.05, 4.69) is 54.7 Å². The lowest BCUT2D eigenvalue weighted by atomic mass is 10.1. The topological polar surface area (TPSA) is 21.3 Å². The van der Waals surface area contributed by atoms with Crippen LogP contribution in [0.3, 0.4) is 0 Å². The van der Waals surface area contributed by atoms with Crippen molar-refractivity contribution in [2.75, 3.05) is 13.6 Å². The van der Waals surface area contributed by atoms with Crippen LogP contribution in [-0.2, 0) is 0 Å². The van der Waals surface area contributed by atoms with Crippen molar-refractivity contribution in [3.05, 3.63) is 42.5 Å². The lowest BCUT2D eigenvalue weighted by molar-refractivity contribution is 0.182. The van der Waals surface area contributed by atoms with Gasteiger partial charge in [0.25, 0.3) is 0 Å². The first kappa shape index (κ1) is 16.8. The summed E-state index contributed by atoms with van der Waals surface area (Å²) in [5.41, 5.74) is 0. The Bertz CT molecular complexity index is 510. The number of nitrogens with one attached hydrogen (secondary N) is 1. The monoisotopic (exact) mass is 293 g/mol. The summed E-state index contributed by atoms with van der Waals surface area (Å²) < 4.78 is 6.23. The van der Waals surface area contributed by atoms with Crippen LogP contribution in [0.2, 0.25) is 0 Å². The molecule has 0 bridgehead atoms. The molecular formula is C17H24ClNO. The van der Waals surface area contributed by atoms with Gasteiger partial charge in [-0.25, -0.2) is 0 Å². The molecule has 0 aliphatic heterocycles. The second kappa shape index (κ2) is 8.83. The highest BCUT2D eigenvalue weighted by atomic mass is 35.5. The smallest absolute Gasteiger partial charge is 0.127 e. The van der Waals surface area contributed by atoms with E-state index in [0.29, 0.717) is 6.10 Å². The van der Waals surface area contributed by atoms with E-state index in [1.807, 2.05) is 7.05 Å². The predicted octanol–water partition coefficient (Wildman–Crippen LogP) is 4.42. The Morgan fingerprint density at radius 2 is 1.80 bits per heavy atom. The van der Waals surface area contributed by atoms with Crippen molar-refractivity contribution in [1.82, 2.24) is 5.32 Å². The van der Waals surface area contributed by atoms with Crippen LogP contribution in [0.1, 0.15) is 26.2 Å². The van der Waals surface area contributed by atoms with Gasteiger partial charge >= 0.3 is 0 Å². The Labute approximate surface area is 127 Å². The van der Waals surface area contributed by atoms with Crippen LogP contribution in [0.4, 0.5) is 0 Å². The normalized spacial score (nSPS) is 11.9. The van der Waals surface area contributed by atoms with Crippen LogP contribution in [0.15, 0.2) is 42.5 Å². The zero-order valence-corrected chi connectivity index (χ0v) is 13.1. The van der Waals surface area contributed by atoms with E-state index in [4.69, 9.17) is 4.74 Å². The van der Waals surface area contributed by atoms with Gasteiger partial charge in [0.1, 0.15) is 5.75 Å². The Morgan fingerprint density at radius 3 is 2.55 bits per heavy atom. The quantitative estimate of drug-likeness (QED) is 0.816. The summed E-state index contributed by atoms with van der Waals surface area (Å²) in [4.78, 5) is 0. The Kier molecular flexibility index (Phi) is 7.42. The average Bonchev–Trinajstić information content (AvgIpc) is 2.45. The summed E-state index contributed by atoms with van der Waals surface area (Å²) in [5, 5.41) is 5.64. The van der Waals surface area contributed by atoms with Crippen LogP contribution >= 0.6 is 12.4 Å². The number of ether oxygens (including phenoxy) is 1. The van der Waals surface area contributed by atoms with Crippen molar-refractivity contribution >= 4 is 23.2 Å². The zero-order valence-electron chi connectivity index (χ0n) is 12.3. The van der Waals surface area contributed by atoms with Gasteiger partial charge in [-0.15, -0.1) is 12.4 Å². The highest BCUT2D eigenvalue weighted by Crippen LogP contribution is 2.27. The number of fused-ring (bicyclic) bond motifs is 1. The summed E-state index contributed by atoms with van der Waals surface area (Å²) in [7, 11) is 1.99. The largest absolute Gasteiger partial charge is 0.490 e. The minimum Gasteiger partial charge on any atom is -0.490 e. The highest BCUT2D eigenvalue weighted by Gasteiger charge is 2.10. The van der Waals surface area contributed by atoms with E-state index in [9.17, 15) is 0 Å². The summed E-state index contributed by atoms with van der Waals surface area (Å²) in [6.07, 6.45) is 3.60. The lowest BCUT2D eigenvalue weighted by Gasteiger charge is -2.19. The average molecular weight is 294 g/mol. The Hall–Kier alpha value is -1.25. The molecule has 2 aromatic rings. The molecule has 0 saturated carbocycles. The number of hydrogen-bond donors (Lipinski definition) is 1. The molecule has 1 N–H and O–H groups in total. The summed E-state index contributed by atoms with van der Waals surface area (Å²) in [6.45, 7) is 3.20. The molecule has 0 radical (unpaired) electrons. The van der Waals surface area contributed by atoms with Crippen molar-refractivity contribution < 1.29 is 4.74 Å². The second-order valence-electron chi connectivity index (χ2n) is 4.90. The van der Waals surface area contributed by atoms with Crippen molar-refractivity contribution in [2.45, 2.75) is 32.3 Å². The molecule has 2 aromatic carbocycles. The molecule has 20 heavy (non-hydrogen) atoms. The van der Waals surface area contributed by atoms with Crippen molar-refractivity contribution in [2.24, 2.45) is 0 Å². The van der Waals surface area contributed by atoms with Crippen LogP contribution in [0.5, 0.6) is 5.75 Å². The van der Waals surface area contributed by atoms with Gasteiger partial charge in [-0.2, -0.15) is 0 Å². The fourth-order valence-corrected chi connectivity index (χ4v) is 2.37. The number of halogens is 1. The zero-order chi connectivity index (χ0) is 13.5. The molecule has 0 unspecified atom stereocenters. The predicted molar refractivity (Wildman–Crippen MR) is 89.1 cm³/mol. The van der Waals surface area contributed by atoms with Gasteiger partial charge in [-0.3, -0.25) is 0 Å². The van der Waals surface area contributed by atoms with E-state index in [1.54, 1.807) is 0 Å². The third-order valence-electron chi connectivity index (χ3n) is 3.37. The fourth-order valence-electron chi connectivity index (χ4n) is 2.37. The molecule has 2 nitrogen and oxygen atoms in total. The van der Waals surface area contributed by atoms with Gasteiger partial charge in [0.05, 0.1) is 6.10 Å². The maximum Gasteiger partial charge on any atom is 0.127 e. The van der Waals surface area contributed by atoms with Crippen molar-refractivity contribution in [1.29, 1.82) is 0 Å². The third kappa shape index (κ3) is 4.39. The van der Waals surface area contributed by atoms with Gasteiger partial charge < -0.3 is 10.1 Å². The summed E-state index contributed by atoms with van der Waals surface area (Å²) in [5.74, 6) is 1.01. The molecule has 0 aromatic heterocycles. The van der Waals surface area contributed by atoms with Gasteiger partial charge in [0, 0.05) is 5.39 Å². The van der Waals surface area contributed by atoms with E-state index in [0.717, 1.165) is 31.6 Å². The molecule has 1 atom stereocenters. The van der Waals surface area contributed by atoms with Gasteiger partial charge in [-0.05, 0) is 37.9 Å². The molecule has 0 aliphatic carbocycles. The maximum atomic E-state index is 6.23. The maximum absolute atomic E-state index is 6.23. The third-order valence-corrected chi connectivity index (χ3v) is 3.37. The van der Waals surface area contributed by atoms with E-state index < -0.39 is 0 Å². The first-order valence-corrected chi connectivity index (χ1v) is 7.14. The molecule has 110 valence electrons. The molecule has 2 rings (SSSR count). The standard InChI is InChI=1S/C17H23NO.ClH/c1-3-7-15(12-13-18-2)19-17-11-6-9-14-8-4-5-10-16(14)17;/h4-6,8-11,15,18H,3,7,12-13H2,1-2H3;1H/t15-;/m1./s1. The first-order valence-electron chi connectivity index (χ1n) is 7.14. The number of hydrogen-bond acceptors (Lipinski definition) is 2. The minimum atomic E-state index is 0. The molecule has 0 spiro atoms. The summed E-state index contributed by atoms with van der Waals surface area (Å²) in [6, 6.07) is 14.7. The second-order valence-corrected chi connectivity index (χ2v) is 4.90. The molecule has 0 aliphatic rings. The van der Waals surface area contributed by atoms with Crippen molar-refractivity contribution in [3.8, 4) is 5.75 Å². The van der Waals surface area contributed by atoms with Crippen molar-refractivity contribution in [3.63, 3.8) is 0 Å².